The van der Waals surface area contributed by atoms with Crippen LogP contribution in [0.2, 0.25) is 5.02 Å². The maximum absolute atomic E-state index is 12.1. The molecular weight excluding hydrogens is 334 g/mol. The second-order valence-corrected chi connectivity index (χ2v) is 5.87. The SMILES string of the molecule is O=C(NC1CCCC1C(=O)O)c1ccc(Cl)cc1Br. The molecule has 2 rings (SSSR count). The van der Waals surface area contributed by atoms with E-state index in [1.807, 2.05) is 0 Å². The van der Waals surface area contributed by atoms with Crippen LogP contribution in [0.15, 0.2) is 22.7 Å². The van der Waals surface area contributed by atoms with Crippen molar-refractivity contribution in [1.29, 1.82) is 0 Å². The predicted octanol–water partition coefficient (Wildman–Crippen LogP) is 3.09. The number of amides is 1. The molecular formula is C13H13BrClNO3. The summed E-state index contributed by atoms with van der Waals surface area (Å²) in [5.41, 5.74) is 0.459. The molecule has 2 atom stereocenters. The molecule has 1 amide bonds. The fourth-order valence-electron chi connectivity index (χ4n) is 2.35. The summed E-state index contributed by atoms with van der Waals surface area (Å²) in [4.78, 5) is 23.2. The smallest absolute Gasteiger partial charge is 0.308 e. The van der Waals surface area contributed by atoms with Crippen LogP contribution in [0.25, 0.3) is 0 Å². The number of carbonyl (C=O) groups excluding carboxylic acids is 1. The molecule has 0 bridgehead atoms. The van der Waals surface area contributed by atoms with Crippen LogP contribution in [0.1, 0.15) is 29.6 Å². The zero-order valence-corrected chi connectivity index (χ0v) is 12.4. The topological polar surface area (TPSA) is 66.4 Å². The molecule has 1 aliphatic carbocycles. The van der Waals surface area contributed by atoms with Crippen molar-refractivity contribution in [3.63, 3.8) is 0 Å². The van der Waals surface area contributed by atoms with Crippen LogP contribution in [0.4, 0.5) is 0 Å². The Labute approximate surface area is 124 Å². The van der Waals surface area contributed by atoms with Gasteiger partial charge in [-0.2, -0.15) is 0 Å². The van der Waals surface area contributed by atoms with Crippen LogP contribution < -0.4 is 5.32 Å². The van der Waals surface area contributed by atoms with Crippen LogP contribution in [0.5, 0.6) is 0 Å². The van der Waals surface area contributed by atoms with Gasteiger partial charge in [-0.1, -0.05) is 18.0 Å². The van der Waals surface area contributed by atoms with Crippen LogP contribution in [-0.4, -0.2) is 23.0 Å². The standard InChI is InChI=1S/C13H13BrClNO3/c14-10-6-7(15)4-5-8(10)12(17)16-11-3-1-2-9(11)13(18)19/h4-6,9,11H,1-3H2,(H,16,17)(H,18,19). The van der Waals surface area contributed by atoms with E-state index in [-0.39, 0.29) is 11.9 Å². The van der Waals surface area contributed by atoms with Gasteiger partial charge in [0.1, 0.15) is 0 Å². The minimum atomic E-state index is -0.849. The van der Waals surface area contributed by atoms with E-state index in [1.165, 1.54) is 0 Å². The van der Waals surface area contributed by atoms with Crippen molar-refractivity contribution < 1.29 is 14.7 Å². The number of hydrogen-bond acceptors (Lipinski definition) is 2. The number of carboxylic acids is 1. The van der Waals surface area contributed by atoms with Gasteiger partial charge in [0, 0.05) is 15.5 Å². The van der Waals surface area contributed by atoms with Crippen LogP contribution in [0, 0.1) is 5.92 Å². The average molecular weight is 347 g/mol. The molecule has 6 heteroatoms. The quantitative estimate of drug-likeness (QED) is 0.884. The van der Waals surface area contributed by atoms with Gasteiger partial charge in [0.05, 0.1) is 11.5 Å². The third-order valence-corrected chi connectivity index (χ3v) is 4.22. The Morgan fingerprint density at radius 3 is 2.74 bits per heavy atom. The number of carboxylic acid groups (broad SMARTS) is 1. The first-order valence-electron chi connectivity index (χ1n) is 5.98. The van der Waals surface area contributed by atoms with E-state index in [2.05, 4.69) is 21.2 Å². The normalized spacial score (nSPS) is 22.2. The van der Waals surface area contributed by atoms with Gasteiger partial charge in [0.25, 0.3) is 5.91 Å². The summed E-state index contributed by atoms with van der Waals surface area (Å²) in [5, 5.41) is 12.4. The van der Waals surface area contributed by atoms with Gasteiger partial charge in [-0.15, -0.1) is 0 Å². The molecule has 102 valence electrons. The van der Waals surface area contributed by atoms with E-state index in [4.69, 9.17) is 16.7 Å². The molecule has 4 nitrogen and oxygen atoms in total. The highest BCUT2D eigenvalue weighted by Crippen LogP contribution is 2.27. The maximum Gasteiger partial charge on any atom is 0.308 e. The Hall–Kier alpha value is -1.07. The predicted molar refractivity (Wildman–Crippen MR) is 75.4 cm³/mol. The molecule has 0 spiro atoms. The Bertz CT molecular complexity index is 521. The van der Waals surface area contributed by atoms with Crippen LogP contribution in [0.3, 0.4) is 0 Å². The van der Waals surface area contributed by atoms with Crippen molar-refractivity contribution in [3.05, 3.63) is 33.3 Å². The van der Waals surface area contributed by atoms with Gasteiger partial charge in [-0.25, -0.2) is 0 Å². The van der Waals surface area contributed by atoms with E-state index in [0.29, 0.717) is 27.9 Å². The molecule has 2 N–H and O–H groups in total. The van der Waals surface area contributed by atoms with Gasteiger partial charge >= 0.3 is 5.97 Å². The lowest BCUT2D eigenvalue weighted by molar-refractivity contribution is -0.142. The molecule has 1 aromatic rings. The summed E-state index contributed by atoms with van der Waals surface area (Å²) in [7, 11) is 0. The van der Waals surface area contributed by atoms with E-state index in [0.717, 1.165) is 6.42 Å². The minimum Gasteiger partial charge on any atom is -0.481 e. The third-order valence-electron chi connectivity index (χ3n) is 3.33. The van der Waals surface area contributed by atoms with Crippen LogP contribution >= 0.6 is 27.5 Å². The molecule has 0 aromatic heterocycles. The average Bonchev–Trinajstić information content (AvgIpc) is 2.76. The van der Waals surface area contributed by atoms with Crippen molar-refractivity contribution >= 4 is 39.4 Å². The van der Waals surface area contributed by atoms with Crippen molar-refractivity contribution in [3.8, 4) is 0 Å². The lowest BCUT2D eigenvalue weighted by Gasteiger charge is -2.18. The first-order chi connectivity index (χ1) is 8.99. The number of carbonyl (C=O) groups is 2. The molecule has 0 aliphatic heterocycles. The highest BCUT2D eigenvalue weighted by atomic mass is 79.9. The summed E-state index contributed by atoms with van der Waals surface area (Å²) in [5.74, 6) is -1.62. The first kappa shape index (κ1) is 14.3. The summed E-state index contributed by atoms with van der Waals surface area (Å²) in [6.45, 7) is 0. The number of benzene rings is 1. The highest BCUT2D eigenvalue weighted by Gasteiger charge is 2.34. The number of rotatable bonds is 3. The van der Waals surface area contributed by atoms with Gasteiger partial charge in [0.15, 0.2) is 0 Å². The molecule has 1 aliphatic rings. The van der Waals surface area contributed by atoms with Crippen molar-refractivity contribution in [2.75, 3.05) is 0 Å². The van der Waals surface area contributed by atoms with Gasteiger partial charge in [-0.05, 0) is 47.0 Å². The number of nitrogens with one attached hydrogen (secondary N) is 1. The van der Waals surface area contributed by atoms with E-state index in [1.54, 1.807) is 18.2 Å². The highest BCUT2D eigenvalue weighted by molar-refractivity contribution is 9.10. The lowest BCUT2D eigenvalue weighted by atomic mass is 10.0. The summed E-state index contributed by atoms with van der Waals surface area (Å²) < 4.78 is 0.599. The molecule has 19 heavy (non-hydrogen) atoms. The van der Waals surface area contributed by atoms with Crippen molar-refractivity contribution in [1.82, 2.24) is 5.32 Å². The maximum atomic E-state index is 12.1. The monoisotopic (exact) mass is 345 g/mol. The summed E-state index contributed by atoms with van der Waals surface area (Å²) in [6.07, 6.45) is 2.14. The van der Waals surface area contributed by atoms with Crippen molar-refractivity contribution in [2.24, 2.45) is 5.92 Å². The Morgan fingerprint density at radius 1 is 1.37 bits per heavy atom. The minimum absolute atomic E-state index is 0.276. The second-order valence-electron chi connectivity index (χ2n) is 4.58. The van der Waals surface area contributed by atoms with E-state index < -0.39 is 11.9 Å². The van der Waals surface area contributed by atoms with Crippen LogP contribution in [-0.2, 0) is 4.79 Å². The molecule has 0 radical (unpaired) electrons. The third kappa shape index (κ3) is 3.28. The Balaban J connectivity index is 2.10. The first-order valence-corrected chi connectivity index (χ1v) is 7.15. The molecule has 0 heterocycles. The van der Waals surface area contributed by atoms with E-state index >= 15 is 0 Å². The van der Waals surface area contributed by atoms with E-state index in [9.17, 15) is 9.59 Å². The summed E-state index contributed by atoms with van der Waals surface area (Å²) >= 11 is 9.10. The zero-order valence-electron chi connectivity index (χ0n) is 10.0. The summed E-state index contributed by atoms with van der Waals surface area (Å²) in [6, 6.07) is 4.59. The fourth-order valence-corrected chi connectivity index (χ4v) is 3.21. The number of halogens is 2. The van der Waals surface area contributed by atoms with Gasteiger partial charge in [0.2, 0.25) is 0 Å². The Kier molecular flexibility index (Phi) is 4.47. The molecule has 1 fully saturated rings. The molecule has 1 saturated carbocycles. The fraction of sp³-hybridized carbons (Fsp3) is 0.385. The molecule has 2 unspecified atom stereocenters. The lowest BCUT2D eigenvalue weighted by Crippen LogP contribution is -2.40. The van der Waals surface area contributed by atoms with Crippen molar-refractivity contribution in [2.45, 2.75) is 25.3 Å². The second kappa shape index (κ2) is 5.92. The van der Waals surface area contributed by atoms with Gasteiger partial charge < -0.3 is 10.4 Å². The largest absolute Gasteiger partial charge is 0.481 e. The zero-order chi connectivity index (χ0) is 14.0. The number of hydrogen-bond donors (Lipinski definition) is 2. The Morgan fingerprint density at radius 2 is 2.11 bits per heavy atom. The van der Waals surface area contributed by atoms with Gasteiger partial charge in [-0.3, -0.25) is 9.59 Å². The number of aliphatic carboxylic acids is 1. The molecule has 1 aromatic carbocycles. The molecule has 0 saturated heterocycles.